The van der Waals surface area contributed by atoms with E-state index in [0.717, 1.165) is 12.2 Å². The summed E-state index contributed by atoms with van der Waals surface area (Å²) >= 11 is 0. The minimum atomic E-state index is -0.350. The zero-order valence-electron chi connectivity index (χ0n) is 8.41. The Morgan fingerprint density at radius 3 is 2.50 bits per heavy atom. The van der Waals surface area contributed by atoms with Gasteiger partial charge in [-0.2, -0.15) is 0 Å². The lowest BCUT2D eigenvalue weighted by atomic mass is 9.80. The second-order valence-electron chi connectivity index (χ2n) is 4.13. The minimum absolute atomic E-state index is 0.350. The van der Waals surface area contributed by atoms with Gasteiger partial charge in [-0.05, 0) is 12.3 Å². The lowest BCUT2D eigenvalue weighted by molar-refractivity contribution is 0.319. The number of aromatic nitrogens is 2. The van der Waals surface area contributed by atoms with E-state index in [1.54, 1.807) is 0 Å². The van der Waals surface area contributed by atoms with Gasteiger partial charge in [-0.15, -0.1) is 0 Å². The molecule has 0 bridgehead atoms. The SMILES string of the molecule is C[C@H]1CCCC[C@H]1c1ncc(F)cn1. The fourth-order valence-electron chi connectivity index (χ4n) is 2.21. The zero-order valence-corrected chi connectivity index (χ0v) is 8.41. The molecule has 1 aromatic rings. The Morgan fingerprint density at radius 2 is 1.86 bits per heavy atom. The summed E-state index contributed by atoms with van der Waals surface area (Å²) in [4.78, 5) is 8.13. The van der Waals surface area contributed by atoms with Gasteiger partial charge >= 0.3 is 0 Å². The van der Waals surface area contributed by atoms with E-state index in [2.05, 4.69) is 16.9 Å². The van der Waals surface area contributed by atoms with Crippen LogP contribution in [0.3, 0.4) is 0 Å². The lowest BCUT2D eigenvalue weighted by Gasteiger charge is -2.27. The van der Waals surface area contributed by atoms with Gasteiger partial charge in [0.25, 0.3) is 0 Å². The van der Waals surface area contributed by atoms with Gasteiger partial charge in [-0.1, -0.05) is 26.2 Å². The molecule has 0 spiro atoms. The molecule has 1 heterocycles. The van der Waals surface area contributed by atoms with Gasteiger partial charge in [0.05, 0.1) is 12.4 Å². The average molecular weight is 194 g/mol. The van der Waals surface area contributed by atoms with Crippen LogP contribution >= 0.6 is 0 Å². The van der Waals surface area contributed by atoms with Gasteiger partial charge in [0.15, 0.2) is 5.82 Å². The van der Waals surface area contributed by atoms with E-state index >= 15 is 0 Å². The molecule has 0 radical (unpaired) electrons. The van der Waals surface area contributed by atoms with Crippen LogP contribution in [0.5, 0.6) is 0 Å². The maximum Gasteiger partial charge on any atom is 0.159 e. The number of halogens is 1. The van der Waals surface area contributed by atoms with Crippen molar-refractivity contribution in [1.29, 1.82) is 0 Å². The second kappa shape index (κ2) is 4.03. The van der Waals surface area contributed by atoms with Crippen molar-refractivity contribution in [2.24, 2.45) is 5.92 Å². The highest BCUT2D eigenvalue weighted by molar-refractivity contribution is 5.01. The van der Waals surface area contributed by atoms with E-state index in [0.29, 0.717) is 11.8 Å². The second-order valence-corrected chi connectivity index (χ2v) is 4.13. The first-order valence-electron chi connectivity index (χ1n) is 5.25. The number of hydrogen-bond acceptors (Lipinski definition) is 2. The molecule has 14 heavy (non-hydrogen) atoms. The predicted molar refractivity (Wildman–Crippen MR) is 52.4 cm³/mol. The summed E-state index contributed by atoms with van der Waals surface area (Å²) in [6.45, 7) is 2.23. The molecule has 1 aliphatic rings. The highest BCUT2D eigenvalue weighted by Gasteiger charge is 2.24. The molecule has 1 aromatic heterocycles. The van der Waals surface area contributed by atoms with Crippen LogP contribution in [0.4, 0.5) is 4.39 Å². The first kappa shape index (κ1) is 9.56. The Balaban J connectivity index is 2.16. The molecule has 2 nitrogen and oxygen atoms in total. The molecular weight excluding hydrogens is 179 g/mol. The van der Waals surface area contributed by atoms with Crippen molar-refractivity contribution in [2.45, 2.75) is 38.5 Å². The number of nitrogens with zero attached hydrogens (tertiary/aromatic N) is 2. The van der Waals surface area contributed by atoms with E-state index in [9.17, 15) is 4.39 Å². The first-order valence-corrected chi connectivity index (χ1v) is 5.25. The third kappa shape index (κ3) is 1.91. The van der Waals surface area contributed by atoms with Gasteiger partial charge < -0.3 is 0 Å². The van der Waals surface area contributed by atoms with E-state index in [1.165, 1.54) is 31.7 Å². The van der Waals surface area contributed by atoms with Gasteiger partial charge in [0.2, 0.25) is 0 Å². The number of rotatable bonds is 1. The Hall–Kier alpha value is -0.990. The largest absolute Gasteiger partial charge is 0.238 e. The Bertz CT molecular complexity index is 297. The van der Waals surface area contributed by atoms with Crippen molar-refractivity contribution in [3.63, 3.8) is 0 Å². The summed E-state index contributed by atoms with van der Waals surface area (Å²) in [5, 5.41) is 0. The fraction of sp³-hybridized carbons (Fsp3) is 0.636. The molecule has 0 N–H and O–H groups in total. The van der Waals surface area contributed by atoms with Crippen LogP contribution < -0.4 is 0 Å². The molecule has 0 aromatic carbocycles. The zero-order chi connectivity index (χ0) is 9.97. The van der Waals surface area contributed by atoms with Crippen LogP contribution in [0.15, 0.2) is 12.4 Å². The molecule has 1 fully saturated rings. The maximum atomic E-state index is 12.6. The van der Waals surface area contributed by atoms with E-state index < -0.39 is 0 Å². The molecule has 2 atom stereocenters. The highest BCUT2D eigenvalue weighted by Crippen LogP contribution is 2.35. The Morgan fingerprint density at radius 1 is 1.21 bits per heavy atom. The summed E-state index contributed by atoms with van der Waals surface area (Å²) in [6.07, 6.45) is 7.47. The maximum absolute atomic E-state index is 12.6. The summed E-state index contributed by atoms with van der Waals surface area (Å²) in [6, 6.07) is 0. The molecule has 2 rings (SSSR count). The third-order valence-corrected chi connectivity index (χ3v) is 3.08. The molecule has 1 aliphatic carbocycles. The van der Waals surface area contributed by atoms with Crippen molar-refractivity contribution < 1.29 is 4.39 Å². The lowest BCUT2D eigenvalue weighted by Crippen LogP contribution is -2.17. The van der Waals surface area contributed by atoms with Gasteiger partial charge in [0.1, 0.15) is 5.82 Å². The number of hydrogen-bond donors (Lipinski definition) is 0. The molecule has 1 saturated carbocycles. The van der Waals surface area contributed by atoms with Crippen molar-refractivity contribution in [3.05, 3.63) is 24.0 Å². The average Bonchev–Trinajstić information content (AvgIpc) is 2.20. The van der Waals surface area contributed by atoms with Crippen LogP contribution in [-0.2, 0) is 0 Å². The van der Waals surface area contributed by atoms with Crippen LogP contribution in [0.2, 0.25) is 0 Å². The van der Waals surface area contributed by atoms with E-state index in [4.69, 9.17) is 0 Å². The molecule has 3 heteroatoms. The van der Waals surface area contributed by atoms with Crippen molar-refractivity contribution >= 4 is 0 Å². The summed E-state index contributed by atoms with van der Waals surface area (Å²) in [5.74, 6) is 1.54. The summed E-state index contributed by atoms with van der Waals surface area (Å²) in [5.41, 5.74) is 0. The molecular formula is C11H15FN2. The third-order valence-electron chi connectivity index (χ3n) is 3.08. The van der Waals surface area contributed by atoms with E-state index in [1.807, 2.05) is 0 Å². The topological polar surface area (TPSA) is 25.8 Å². The van der Waals surface area contributed by atoms with Gasteiger partial charge in [-0.3, -0.25) is 0 Å². The van der Waals surface area contributed by atoms with Crippen LogP contribution in [0, 0.1) is 11.7 Å². The standard InChI is InChI=1S/C11H15FN2/c1-8-4-2-3-5-10(8)11-13-6-9(12)7-14-11/h6-8,10H,2-5H2,1H3/t8-,10+/m0/s1. The van der Waals surface area contributed by atoms with E-state index in [-0.39, 0.29) is 5.82 Å². The monoisotopic (exact) mass is 194 g/mol. The summed E-state index contributed by atoms with van der Waals surface area (Å²) < 4.78 is 12.6. The van der Waals surface area contributed by atoms with Crippen LogP contribution in [0.25, 0.3) is 0 Å². The van der Waals surface area contributed by atoms with Gasteiger partial charge in [0, 0.05) is 5.92 Å². The van der Waals surface area contributed by atoms with Crippen molar-refractivity contribution in [3.8, 4) is 0 Å². The first-order chi connectivity index (χ1) is 6.77. The smallest absolute Gasteiger partial charge is 0.159 e. The molecule has 0 aliphatic heterocycles. The minimum Gasteiger partial charge on any atom is -0.238 e. The fourth-order valence-corrected chi connectivity index (χ4v) is 2.21. The van der Waals surface area contributed by atoms with Crippen LogP contribution in [0.1, 0.15) is 44.3 Å². The Kier molecular flexibility index (Phi) is 2.75. The Labute approximate surface area is 83.6 Å². The van der Waals surface area contributed by atoms with Crippen molar-refractivity contribution in [2.75, 3.05) is 0 Å². The molecule has 0 unspecified atom stereocenters. The van der Waals surface area contributed by atoms with Gasteiger partial charge in [-0.25, -0.2) is 14.4 Å². The van der Waals surface area contributed by atoms with Crippen LogP contribution in [-0.4, -0.2) is 9.97 Å². The molecule has 0 saturated heterocycles. The van der Waals surface area contributed by atoms with Crippen molar-refractivity contribution in [1.82, 2.24) is 9.97 Å². The predicted octanol–water partition coefficient (Wildman–Crippen LogP) is 2.91. The molecule has 76 valence electrons. The molecule has 0 amide bonds. The highest BCUT2D eigenvalue weighted by atomic mass is 19.1. The quantitative estimate of drug-likeness (QED) is 0.687. The normalized spacial score (nSPS) is 27.6. The summed E-state index contributed by atoms with van der Waals surface area (Å²) in [7, 11) is 0.